The smallest absolute Gasteiger partial charge is 0.250 e. The van der Waals surface area contributed by atoms with Crippen molar-refractivity contribution in [2.24, 2.45) is 5.92 Å². The monoisotopic (exact) mass is 278 g/mol. The molecule has 1 aromatic rings. The molecule has 0 bridgehead atoms. The van der Waals surface area contributed by atoms with Crippen molar-refractivity contribution in [2.45, 2.75) is 33.2 Å². The van der Waals surface area contributed by atoms with E-state index in [-0.39, 0.29) is 30.0 Å². The van der Waals surface area contributed by atoms with Gasteiger partial charge in [-0.05, 0) is 37.0 Å². The predicted molar refractivity (Wildman–Crippen MR) is 74.9 cm³/mol. The van der Waals surface area contributed by atoms with Gasteiger partial charge in [-0.3, -0.25) is 14.5 Å². The number of aryl methyl sites for hydroxylation is 1. The van der Waals surface area contributed by atoms with Gasteiger partial charge in [-0.1, -0.05) is 19.9 Å². The van der Waals surface area contributed by atoms with Crippen molar-refractivity contribution in [3.63, 3.8) is 0 Å². The average molecular weight is 278 g/mol. The van der Waals surface area contributed by atoms with Crippen LogP contribution in [0.1, 0.15) is 25.8 Å². The molecule has 108 valence electrons. The lowest BCUT2D eigenvalue weighted by atomic mass is 10.0. The molecule has 0 saturated carbocycles. The van der Waals surface area contributed by atoms with Crippen molar-refractivity contribution in [1.29, 1.82) is 0 Å². The van der Waals surface area contributed by atoms with Gasteiger partial charge < -0.3 is 5.32 Å². The third-order valence-electron chi connectivity index (χ3n) is 3.30. The van der Waals surface area contributed by atoms with Gasteiger partial charge in [-0.15, -0.1) is 0 Å². The summed E-state index contributed by atoms with van der Waals surface area (Å²) in [5, 5.41) is 2.68. The maximum Gasteiger partial charge on any atom is 0.250 e. The van der Waals surface area contributed by atoms with Crippen LogP contribution in [-0.4, -0.2) is 24.4 Å². The van der Waals surface area contributed by atoms with Gasteiger partial charge in [0.05, 0.1) is 5.69 Å². The number of nitrogens with one attached hydrogen (secondary N) is 1. The van der Waals surface area contributed by atoms with Crippen LogP contribution in [0, 0.1) is 18.7 Å². The standard InChI is InChI=1S/C15H19FN2O2/c1-9(2)6-12-15(20)18(8-14(19)17-12)13-7-10(3)4-5-11(13)16/h4-5,7,9,12H,6,8H2,1-3H3,(H,17,19). The van der Waals surface area contributed by atoms with Gasteiger partial charge >= 0.3 is 0 Å². The van der Waals surface area contributed by atoms with Crippen LogP contribution < -0.4 is 10.2 Å². The third kappa shape index (κ3) is 2.98. The molecule has 4 nitrogen and oxygen atoms in total. The van der Waals surface area contributed by atoms with Crippen molar-refractivity contribution in [3.05, 3.63) is 29.6 Å². The Morgan fingerprint density at radius 1 is 1.40 bits per heavy atom. The second-order valence-electron chi connectivity index (χ2n) is 5.63. The van der Waals surface area contributed by atoms with Crippen molar-refractivity contribution in [3.8, 4) is 0 Å². The Bertz CT molecular complexity index is 543. The fraction of sp³-hybridized carbons (Fsp3) is 0.467. The van der Waals surface area contributed by atoms with Crippen LogP contribution in [0.2, 0.25) is 0 Å². The molecule has 20 heavy (non-hydrogen) atoms. The van der Waals surface area contributed by atoms with Crippen LogP contribution in [0.4, 0.5) is 10.1 Å². The molecule has 1 aliphatic rings. The number of piperazine rings is 1. The van der Waals surface area contributed by atoms with Gasteiger partial charge in [-0.25, -0.2) is 4.39 Å². The predicted octanol–water partition coefficient (Wildman–Crippen LogP) is 2.01. The SMILES string of the molecule is Cc1ccc(F)c(N2CC(=O)NC(CC(C)C)C2=O)c1. The number of rotatable bonds is 3. The number of carbonyl (C=O) groups excluding carboxylic acids is 2. The number of benzene rings is 1. The number of carbonyl (C=O) groups is 2. The molecule has 0 spiro atoms. The van der Waals surface area contributed by atoms with E-state index in [0.717, 1.165) is 5.56 Å². The van der Waals surface area contributed by atoms with Crippen molar-refractivity contribution < 1.29 is 14.0 Å². The first-order valence-electron chi connectivity index (χ1n) is 6.75. The Labute approximate surface area is 118 Å². The lowest BCUT2D eigenvalue weighted by molar-refractivity contribution is -0.131. The molecule has 1 N–H and O–H groups in total. The van der Waals surface area contributed by atoms with Crippen LogP contribution in [0.25, 0.3) is 0 Å². The van der Waals surface area contributed by atoms with Crippen molar-refractivity contribution >= 4 is 17.5 Å². The second-order valence-corrected chi connectivity index (χ2v) is 5.63. The highest BCUT2D eigenvalue weighted by Gasteiger charge is 2.34. The van der Waals surface area contributed by atoms with Gasteiger partial charge in [0.2, 0.25) is 11.8 Å². The number of halogens is 1. The molecule has 0 radical (unpaired) electrons. The van der Waals surface area contributed by atoms with E-state index in [1.165, 1.54) is 11.0 Å². The minimum atomic E-state index is -0.573. The number of amides is 2. The summed E-state index contributed by atoms with van der Waals surface area (Å²) >= 11 is 0. The summed E-state index contributed by atoms with van der Waals surface area (Å²) in [5.41, 5.74) is 1.03. The molecular formula is C15H19FN2O2. The quantitative estimate of drug-likeness (QED) is 0.919. The summed E-state index contributed by atoms with van der Waals surface area (Å²) < 4.78 is 13.9. The maximum absolute atomic E-state index is 13.9. The van der Waals surface area contributed by atoms with E-state index in [1.807, 2.05) is 20.8 Å². The van der Waals surface area contributed by atoms with E-state index >= 15 is 0 Å². The minimum absolute atomic E-state index is 0.131. The summed E-state index contributed by atoms with van der Waals surface area (Å²) in [5.74, 6) is -0.715. The molecule has 1 unspecified atom stereocenters. The molecule has 0 aromatic heterocycles. The first-order valence-corrected chi connectivity index (χ1v) is 6.75. The summed E-state index contributed by atoms with van der Waals surface area (Å²) in [6.45, 7) is 5.65. The van der Waals surface area contributed by atoms with Crippen LogP contribution in [-0.2, 0) is 9.59 Å². The highest BCUT2D eigenvalue weighted by Crippen LogP contribution is 2.24. The minimum Gasteiger partial charge on any atom is -0.343 e. The molecule has 1 atom stereocenters. The summed E-state index contributed by atoms with van der Waals surface area (Å²) in [6.07, 6.45) is 0.550. The third-order valence-corrected chi connectivity index (χ3v) is 3.30. The van der Waals surface area contributed by atoms with Gasteiger partial charge in [-0.2, -0.15) is 0 Å². The Hall–Kier alpha value is -1.91. The molecule has 1 aliphatic heterocycles. The highest BCUT2D eigenvalue weighted by molar-refractivity contribution is 6.06. The fourth-order valence-electron chi connectivity index (χ4n) is 2.38. The number of hydrogen-bond acceptors (Lipinski definition) is 2. The normalized spacial score (nSPS) is 19.4. The molecule has 1 aromatic carbocycles. The van der Waals surface area contributed by atoms with E-state index in [0.29, 0.717) is 6.42 Å². The van der Waals surface area contributed by atoms with Gasteiger partial charge in [0.25, 0.3) is 0 Å². The summed E-state index contributed by atoms with van der Waals surface area (Å²) in [6, 6.07) is 3.98. The molecule has 1 fully saturated rings. The average Bonchev–Trinajstić information content (AvgIpc) is 2.36. The Balaban J connectivity index is 2.32. The topological polar surface area (TPSA) is 49.4 Å². The van der Waals surface area contributed by atoms with E-state index in [9.17, 15) is 14.0 Å². The molecule has 1 saturated heterocycles. The lowest BCUT2D eigenvalue weighted by Gasteiger charge is -2.33. The van der Waals surface area contributed by atoms with Crippen LogP contribution >= 0.6 is 0 Å². The van der Waals surface area contributed by atoms with E-state index < -0.39 is 11.9 Å². The first kappa shape index (κ1) is 14.5. The lowest BCUT2D eigenvalue weighted by Crippen LogP contribution is -2.58. The first-order chi connectivity index (χ1) is 9.38. The zero-order chi connectivity index (χ0) is 14.9. The highest BCUT2D eigenvalue weighted by atomic mass is 19.1. The zero-order valence-corrected chi connectivity index (χ0v) is 11.9. The Morgan fingerprint density at radius 2 is 2.10 bits per heavy atom. The molecule has 0 aliphatic carbocycles. The van der Waals surface area contributed by atoms with E-state index in [1.54, 1.807) is 12.1 Å². The summed E-state index contributed by atoms with van der Waals surface area (Å²) in [4.78, 5) is 25.4. The molecule has 1 heterocycles. The molecule has 2 rings (SSSR count). The number of nitrogens with zero attached hydrogens (tertiary/aromatic N) is 1. The maximum atomic E-state index is 13.9. The second kappa shape index (κ2) is 5.61. The number of hydrogen-bond donors (Lipinski definition) is 1. The molecule has 5 heteroatoms. The fourth-order valence-corrected chi connectivity index (χ4v) is 2.38. The van der Waals surface area contributed by atoms with Crippen LogP contribution in [0.15, 0.2) is 18.2 Å². The number of anilines is 1. The largest absolute Gasteiger partial charge is 0.343 e. The Morgan fingerprint density at radius 3 is 2.75 bits per heavy atom. The van der Waals surface area contributed by atoms with Gasteiger partial charge in [0, 0.05) is 0 Å². The van der Waals surface area contributed by atoms with Gasteiger partial charge in [0.15, 0.2) is 0 Å². The molecular weight excluding hydrogens is 259 g/mol. The van der Waals surface area contributed by atoms with Crippen LogP contribution in [0.5, 0.6) is 0 Å². The Kier molecular flexibility index (Phi) is 4.06. The summed E-state index contributed by atoms with van der Waals surface area (Å²) in [7, 11) is 0. The van der Waals surface area contributed by atoms with E-state index in [2.05, 4.69) is 5.32 Å². The van der Waals surface area contributed by atoms with Crippen LogP contribution in [0.3, 0.4) is 0 Å². The van der Waals surface area contributed by atoms with Crippen molar-refractivity contribution in [2.75, 3.05) is 11.4 Å². The van der Waals surface area contributed by atoms with Gasteiger partial charge in [0.1, 0.15) is 18.4 Å². The zero-order valence-electron chi connectivity index (χ0n) is 11.9. The molecule has 2 amide bonds. The van der Waals surface area contributed by atoms with Crippen molar-refractivity contribution in [1.82, 2.24) is 5.32 Å². The van der Waals surface area contributed by atoms with E-state index in [4.69, 9.17) is 0 Å².